The van der Waals surface area contributed by atoms with Crippen LogP contribution in [0.2, 0.25) is 10.0 Å². The van der Waals surface area contributed by atoms with Crippen LogP contribution in [0.3, 0.4) is 0 Å². The molecule has 0 fully saturated rings. The molecular weight excluding hydrogens is 375 g/mol. The Bertz CT molecular complexity index is 801. The van der Waals surface area contributed by atoms with E-state index in [9.17, 15) is 9.59 Å². The summed E-state index contributed by atoms with van der Waals surface area (Å²) < 4.78 is 9.98. The molecule has 0 bridgehead atoms. The molecule has 0 saturated carbocycles. The van der Waals surface area contributed by atoms with E-state index in [1.165, 1.54) is 23.5 Å². The van der Waals surface area contributed by atoms with Gasteiger partial charge in [0.1, 0.15) is 16.8 Å². The molecule has 24 heavy (non-hydrogen) atoms. The maximum atomic E-state index is 11.7. The molecular formula is C15H10Cl2N2O4S. The van der Waals surface area contributed by atoms with Crippen molar-refractivity contribution in [3.8, 4) is 11.8 Å². The number of benzene rings is 1. The zero-order valence-electron chi connectivity index (χ0n) is 12.0. The molecule has 0 spiro atoms. The molecule has 2 rings (SSSR count). The van der Waals surface area contributed by atoms with Crippen molar-refractivity contribution >= 4 is 51.4 Å². The molecule has 0 atom stereocenters. The van der Waals surface area contributed by atoms with E-state index >= 15 is 0 Å². The minimum absolute atomic E-state index is 0.259. The minimum atomic E-state index is -0.733. The zero-order chi connectivity index (χ0) is 17.5. The fourth-order valence-electron chi connectivity index (χ4n) is 1.57. The number of thiophene rings is 1. The molecule has 0 aliphatic carbocycles. The third-order valence-corrected chi connectivity index (χ3v) is 4.00. The van der Waals surface area contributed by atoms with Gasteiger partial charge in [-0.3, -0.25) is 4.79 Å². The molecule has 9 heteroatoms. The lowest BCUT2D eigenvalue weighted by molar-refractivity contribution is -0.149. The molecule has 0 radical (unpaired) electrons. The minimum Gasteiger partial charge on any atom is -0.480 e. The molecule has 6 nitrogen and oxygen atoms in total. The Kier molecular flexibility index (Phi) is 6.44. The van der Waals surface area contributed by atoms with Gasteiger partial charge < -0.3 is 14.8 Å². The first kappa shape index (κ1) is 18.1. The number of nitrogens with one attached hydrogen (secondary N) is 1. The van der Waals surface area contributed by atoms with E-state index in [2.05, 4.69) is 5.32 Å². The van der Waals surface area contributed by atoms with E-state index in [0.717, 1.165) is 0 Å². The van der Waals surface area contributed by atoms with Crippen LogP contribution in [0.25, 0.3) is 0 Å². The van der Waals surface area contributed by atoms with Crippen LogP contribution in [0.4, 0.5) is 5.00 Å². The molecule has 1 heterocycles. The molecule has 0 aliphatic rings. The van der Waals surface area contributed by atoms with Gasteiger partial charge >= 0.3 is 5.97 Å². The van der Waals surface area contributed by atoms with Crippen LogP contribution in [0, 0.1) is 11.3 Å². The predicted octanol–water partition coefficient (Wildman–Crippen LogP) is 3.49. The Balaban J connectivity index is 1.76. The van der Waals surface area contributed by atoms with Gasteiger partial charge in [0.15, 0.2) is 13.2 Å². The highest BCUT2D eigenvalue weighted by Gasteiger charge is 2.12. The largest absolute Gasteiger partial charge is 0.480 e. The van der Waals surface area contributed by atoms with Crippen LogP contribution in [0.5, 0.6) is 5.75 Å². The summed E-state index contributed by atoms with van der Waals surface area (Å²) in [5.41, 5.74) is 0.348. The van der Waals surface area contributed by atoms with Gasteiger partial charge in [-0.1, -0.05) is 23.2 Å². The maximum Gasteiger partial charge on any atom is 0.344 e. The van der Waals surface area contributed by atoms with Crippen LogP contribution >= 0.6 is 34.5 Å². The van der Waals surface area contributed by atoms with E-state index in [1.807, 2.05) is 6.07 Å². The van der Waals surface area contributed by atoms with Crippen molar-refractivity contribution < 1.29 is 19.1 Å². The van der Waals surface area contributed by atoms with Gasteiger partial charge in [0, 0.05) is 5.02 Å². The average molecular weight is 385 g/mol. The van der Waals surface area contributed by atoms with E-state index in [0.29, 0.717) is 15.6 Å². The smallest absolute Gasteiger partial charge is 0.344 e. The molecule has 0 saturated heterocycles. The summed E-state index contributed by atoms with van der Waals surface area (Å²) in [5, 5.41) is 14.1. The van der Waals surface area contributed by atoms with Crippen molar-refractivity contribution in [1.82, 2.24) is 0 Å². The van der Waals surface area contributed by atoms with E-state index in [4.69, 9.17) is 37.9 Å². The normalized spacial score (nSPS) is 9.88. The topological polar surface area (TPSA) is 88.4 Å². The Hall–Kier alpha value is -2.27. The predicted molar refractivity (Wildman–Crippen MR) is 90.6 cm³/mol. The number of ether oxygens (including phenoxy) is 2. The number of esters is 1. The van der Waals surface area contributed by atoms with Gasteiger partial charge in [-0.15, -0.1) is 11.3 Å². The second kappa shape index (κ2) is 8.55. The van der Waals surface area contributed by atoms with E-state index in [1.54, 1.807) is 17.5 Å². The highest BCUT2D eigenvalue weighted by molar-refractivity contribution is 7.14. The van der Waals surface area contributed by atoms with Gasteiger partial charge in [-0.25, -0.2) is 4.79 Å². The van der Waals surface area contributed by atoms with Crippen molar-refractivity contribution in [2.75, 3.05) is 18.5 Å². The molecule has 2 aromatic rings. The SMILES string of the molecule is N#Cc1ccsc1NC(=O)COC(=O)COc1ccc(Cl)cc1Cl. The molecule has 0 unspecified atom stereocenters. The molecule has 0 aliphatic heterocycles. The second-order valence-electron chi connectivity index (χ2n) is 4.35. The first-order chi connectivity index (χ1) is 11.5. The summed E-state index contributed by atoms with van der Waals surface area (Å²) in [6.07, 6.45) is 0. The molecule has 1 aromatic heterocycles. The van der Waals surface area contributed by atoms with Crippen molar-refractivity contribution in [3.63, 3.8) is 0 Å². The number of rotatable bonds is 6. The molecule has 1 aromatic carbocycles. The molecule has 1 N–H and O–H groups in total. The maximum absolute atomic E-state index is 11.7. The lowest BCUT2D eigenvalue weighted by Crippen LogP contribution is -2.23. The number of amides is 1. The standard InChI is InChI=1S/C15H10Cl2N2O4S/c16-10-1-2-12(11(17)5-10)22-8-14(21)23-7-13(20)19-15-9(6-18)3-4-24-15/h1-5H,7-8H2,(H,19,20). The quantitative estimate of drug-likeness (QED) is 0.769. The van der Waals surface area contributed by atoms with Crippen LogP contribution < -0.4 is 10.1 Å². The number of hydrogen-bond donors (Lipinski definition) is 1. The summed E-state index contributed by atoms with van der Waals surface area (Å²) >= 11 is 12.8. The molecule has 124 valence electrons. The van der Waals surface area contributed by atoms with Crippen molar-refractivity contribution in [1.29, 1.82) is 5.26 Å². The Morgan fingerprint density at radius 2 is 2.04 bits per heavy atom. The molecule has 1 amide bonds. The van der Waals surface area contributed by atoms with E-state index < -0.39 is 25.1 Å². The van der Waals surface area contributed by atoms with Crippen molar-refractivity contribution in [2.24, 2.45) is 0 Å². The summed E-state index contributed by atoms with van der Waals surface area (Å²) in [6, 6.07) is 8.08. The van der Waals surface area contributed by atoms with Gasteiger partial charge in [0.25, 0.3) is 5.91 Å². The summed E-state index contributed by atoms with van der Waals surface area (Å²) in [5.74, 6) is -1.01. The van der Waals surface area contributed by atoms with Crippen molar-refractivity contribution in [3.05, 3.63) is 45.3 Å². The fourth-order valence-corrected chi connectivity index (χ4v) is 2.79. The number of halogens is 2. The monoisotopic (exact) mass is 384 g/mol. The van der Waals surface area contributed by atoms with Crippen molar-refractivity contribution in [2.45, 2.75) is 0 Å². The van der Waals surface area contributed by atoms with Gasteiger partial charge in [-0.05, 0) is 29.6 Å². The van der Waals surface area contributed by atoms with Gasteiger partial charge in [0.2, 0.25) is 0 Å². The highest BCUT2D eigenvalue weighted by Crippen LogP contribution is 2.27. The average Bonchev–Trinajstić information content (AvgIpc) is 2.99. The van der Waals surface area contributed by atoms with Gasteiger partial charge in [-0.2, -0.15) is 5.26 Å². The number of hydrogen-bond acceptors (Lipinski definition) is 6. The first-order valence-corrected chi connectivity index (χ1v) is 8.14. The lowest BCUT2D eigenvalue weighted by atomic mass is 10.3. The zero-order valence-corrected chi connectivity index (χ0v) is 14.4. The van der Waals surface area contributed by atoms with Crippen LogP contribution in [-0.2, 0) is 14.3 Å². The Morgan fingerprint density at radius 3 is 2.75 bits per heavy atom. The summed E-state index contributed by atoms with van der Waals surface area (Å²) in [6.45, 7) is -0.892. The van der Waals surface area contributed by atoms with E-state index in [-0.39, 0.29) is 10.8 Å². The number of anilines is 1. The summed E-state index contributed by atoms with van der Waals surface area (Å²) in [7, 11) is 0. The lowest BCUT2D eigenvalue weighted by Gasteiger charge is -2.08. The number of carbonyl (C=O) groups excluding carboxylic acids is 2. The number of nitriles is 1. The first-order valence-electron chi connectivity index (χ1n) is 6.50. The second-order valence-corrected chi connectivity index (χ2v) is 6.11. The number of carbonyl (C=O) groups is 2. The highest BCUT2D eigenvalue weighted by atomic mass is 35.5. The summed E-state index contributed by atoms with van der Waals surface area (Å²) in [4.78, 5) is 23.3. The number of nitrogens with zero attached hydrogens (tertiary/aromatic N) is 1. The van der Waals surface area contributed by atoms with Crippen LogP contribution in [0.1, 0.15) is 5.56 Å². The Morgan fingerprint density at radius 1 is 1.25 bits per heavy atom. The van der Waals surface area contributed by atoms with Gasteiger partial charge in [0.05, 0.1) is 10.6 Å². The third kappa shape index (κ3) is 5.13. The fraction of sp³-hybridized carbons (Fsp3) is 0.133. The third-order valence-electron chi connectivity index (χ3n) is 2.64. The Labute approximate surface area is 151 Å². The van der Waals surface area contributed by atoms with Crippen LogP contribution in [0.15, 0.2) is 29.6 Å². The van der Waals surface area contributed by atoms with Crippen LogP contribution in [-0.4, -0.2) is 25.1 Å².